The van der Waals surface area contributed by atoms with Crippen molar-refractivity contribution in [3.8, 4) is 17.1 Å². The summed E-state index contributed by atoms with van der Waals surface area (Å²) >= 11 is 0. The molecule has 2 heterocycles. The number of carbonyl (C=O) groups is 1. The maximum absolute atomic E-state index is 12.8. The van der Waals surface area contributed by atoms with E-state index in [0.29, 0.717) is 38.0 Å². The topological polar surface area (TPSA) is 80.9 Å². The molecule has 0 radical (unpaired) electrons. The lowest BCUT2D eigenvalue weighted by Crippen LogP contribution is -2.50. The number of aromatic nitrogens is 2. The van der Waals surface area contributed by atoms with Gasteiger partial charge >= 0.3 is 6.03 Å². The molecule has 0 aliphatic carbocycles. The van der Waals surface area contributed by atoms with E-state index in [1.807, 2.05) is 38.1 Å². The molecule has 0 unspecified atom stereocenters. The zero-order valence-electron chi connectivity index (χ0n) is 15.3. The highest BCUT2D eigenvalue weighted by molar-refractivity contribution is 5.74. The van der Waals surface area contributed by atoms with Crippen LogP contribution in [0.15, 0.2) is 28.8 Å². The summed E-state index contributed by atoms with van der Waals surface area (Å²) in [5.74, 6) is 1.66. The average Bonchev–Trinajstić information content (AvgIpc) is 3.15. The van der Waals surface area contributed by atoms with Gasteiger partial charge in [0.05, 0.1) is 20.3 Å². The normalized spacial score (nSPS) is 14.5. The molecule has 0 atom stereocenters. The van der Waals surface area contributed by atoms with E-state index in [1.54, 1.807) is 16.9 Å². The summed E-state index contributed by atoms with van der Waals surface area (Å²) in [4.78, 5) is 20.7. The van der Waals surface area contributed by atoms with Crippen LogP contribution in [0.5, 0.6) is 5.75 Å². The van der Waals surface area contributed by atoms with Crippen molar-refractivity contribution in [1.29, 1.82) is 0 Å². The van der Waals surface area contributed by atoms with Crippen LogP contribution in [0.1, 0.15) is 19.7 Å². The minimum absolute atomic E-state index is 0.0154. The van der Waals surface area contributed by atoms with Gasteiger partial charge in [-0.15, -0.1) is 0 Å². The Morgan fingerprint density at radius 2 is 1.96 bits per heavy atom. The van der Waals surface area contributed by atoms with E-state index >= 15 is 0 Å². The van der Waals surface area contributed by atoms with E-state index in [9.17, 15) is 4.79 Å². The van der Waals surface area contributed by atoms with E-state index in [1.165, 1.54) is 0 Å². The minimum atomic E-state index is -0.0347. The Balaban J connectivity index is 1.71. The van der Waals surface area contributed by atoms with Crippen LogP contribution in [0.3, 0.4) is 0 Å². The molecule has 140 valence electrons. The Labute approximate surface area is 152 Å². The van der Waals surface area contributed by atoms with Crippen LogP contribution in [0, 0.1) is 0 Å². The fourth-order valence-corrected chi connectivity index (χ4v) is 2.73. The maximum atomic E-state index is 12.8. The van der Waals surface area contributed by atoms with Gasteiger partial charge in [0, 0.05) is 24.7 Å². The summed E-state index contributed by atoms with van der Waals surface area (Å²) < 4.78 is 15.8. The molecule has 8 heteroatoms. The van der Waals surface area contributed by atoms with Gasteiger partial charge in [-0.3, -0.25) is 0 Å². The van der Waals surface area contributed by atoms with Gasteiger partial charge in [0.25, 0.3) is 0 Å². The Morgan fingerprint density at radius 1 is 1.27 bits per heavy atom. The number of ether oxygens (including phenoxy) is 2. The van der Waals surface area contributed by atoms with Crippen molar-refractivity contribution in [2.24, 2.45) is 0 Å². The number of hydrogen-bond acceptors (Lipinski definition) is 6. The number of benzene rings is 1. The molecule has 3 rings (SSSR count). The molecular formula is C18H24N4O4. The molecule has 0 saturated carbocycles. The Bertz CT molecular complexity index is 723. The highest BCUT2D eigenvalue weighted by atomic mass is 16.5. The SMILES string of the molecule is COc1ccc(-c2noc(CN(C(=O)N3CCOCC3)C(C)C)n2)cc1. The van der Waals surface area contributed by atoms with Crippen molar-refractivity contribution in [3.05, 3.63) is 30.2 Å². The largest absolute Gasteiger partial charge is 0.497 e. The number of rotatable bonds is 5. The van der Waals surface area contributed by atoms with E-state index in [2.05, 4.69) is 10.1 Å². The first-order chi connectivity index (χ1) is 12.6. The van der Waals surface area contributed by atoms with E-state index in [4.69, 9.17) is 14.0 Å². The van der Waals surface area contributed by atoms with Gasteiger partial charge < -0.3 is 23.8 Å². The second-order valence-corrected chi connectivity index (χ2v) is 6.34. The highest BCUT2D eigenvalue weighted by Crippen LogP contribution is 2.20. The van der Waals surface area contributed by atoms with Crippen molar-refractivity contribution in [2.45, 2.75) is 26.4 Å². The van der Waals surface area contributed by atoms with Gasteiger partial charge in [-0.25, -0.2) is 4.79 Å². The smallest absolute Gasteiger partial charge is 0.320 e. The lowest BCUT2D eigenvalue weighted by molar-refractivity contribution is 0.0385. The highest BCUT2D eigenvalue weighted by Gasteiger charge is 2.26. The predicted molar refractivity (Wildman–Crippen MR) is 94.8 cm³/mol. The minimum Gasteiger partial charge on any atom is -0.497 e. The van der Waals surface area contributed by atoms with Crippen molar-refractivity contribution in [1.82, 2.24) is 19.9 Å². The second-order valence-electron chi connectivity index (χ2n) is 6.34. The van der Waals surface area contributed by atoms with Gasteiger partial charge in [0.2, 0.25) is 11.7 Å². The average molecular weight is 360 g/mol. The van der Waals surface area contributed by atoms with Crippen LogP contribution in [0.4, 0.5) is 4.79 Å². The summed E-state index contributed by atoms with van der Waals surface area (Å²) in [5.41, 5.74) is 0.830. The molecule has 1 aromatic carbocycles. The first-order valence-corrected chi connectivity index (χ1v) is 8.69. The molecule has 2 amide bonds. The first kappa shape index (κ1) is 18.2. The molecule has 0 N–H and O–H groups in total. The third-order valence-corrected chi connectivity index (χ3v) is 4.27. The van der Waals surface area contributed by atoms with Gasteiger partial charge in [-0.2, -0.15) is 4.98 Å². The molecule has 26 heavy (non-hydrogen) atoms. The third-order valence-electron chi connectivity index (χ3n) is 4.27. The number of hydrogen-bond donors (Lipinski definition) is 0. The summed E-state index contributed by atoms with van der Waals surface area (Å²) in [5, 5.41) is 4.03. The zero-order valence-corrected chi connectivity index (χ0v) is 15.3. The van der Waals surface area contributed by atoms with Crippen molar-refractivity contribution in [3.63, 3.8) is 0 Å². The summed E-state index contributed by atoms with van der Waals surface area (Å²) in [7, 11) is 1.62. The maximum Gasteiger partial charge on any atom is 0.320 e. The predicted octanol–water partition coefficient (Wildman–Crippen LogP) is 2.41. The number of morpholine rings is 1. The summed E-state index contributed by atoms with van der Waals surface area (Å²) in [6, 6.07) is 7.40. The lowest BCUT2D eigenvalue weighted by atomic mass is 10.2. The van der Waals surface area contributed by atoms with Crippen molar-refractivity contribution < 1.29 is 18.8 Å². The standard InChI is InChI=1S/C18H24N4O4/c1-13(2)22(18(23)21-8-10-25-11-9-21)12-16-19-17(20-26-16)14-4-6-15(24-3)7-5-14/h4-7,13H,8-12H2,1-3H3. The fourth-order valence-electron chi connectivity index (χ4n) is 2.73. The van der Waals surface area contributed by atoms with Crippen LogP contribution in [0.2, 0.25) is 0 Å². The van der Waals surface area contributed by atoms with Crippen LogP contribution in [-0.2, 0) is 11.3 Å². The monoisotopic (exact) mass is 360 g/mol. The number of methoxy groups -OCH3 is 1. The molecule has 1 fully saturated rings. The molecular weight excluding hydrogens is 336 g/mol. The van der Waals surface area contributed by atoms with Gasteiger partial charge in [0.15, 0.2) is 0 Å². The Hall–Kier alpha value is -2.61. The first-order valence-electron chi connectivity index (χ1n) is 8.69. The molecule has 1 aromatic heterocycles. The lowest BCUT2D eigenvalue weighted by Gasteiger charge is -2.34. The van der Waals surface area contributed by atoms with E-state index in [0.717, 1.165) is 11.3 Å². The van der Waals surface area contributed by atoms with Gasteiger partial charge in [-0.05, 0) is 38.1 Å². The fraction of sp³-hybridized carbons (Fsp3) is 0.500. The van der Waals surface area contributed by atoms with Crippen molar-refractivity contribution in [2.75, 3.05) is 33.4 Å². The number of urea groups is 1. The van der Waals surface area contributed by atoms with Crippen LogP contribution in [-0.4, -0.2) is 65.4 Å². The Morgan fingerprint density at radius 3 is 2.58 bits per heavy atom. The van der Waals surface area contributed by atoms with Crippen molar-refractivity contribution >= 4 is 6.03 Å². The van der Waals surface area contributed by atoms with E-state index < -0.39 is 0 Å². The Kier molecular flexibility index (Phi) is 5.72. The molecule has 0 spiro atoms. The van der Waals surface area contributed by atoms with Gasteiger partial charge in [-0.1, -0.05) is 5.16 Å². The number of nitrogens with zero attached hydrogens (tertiary/aromatic N) is 4. The molecule has 2 aromatic rings. The second kappa shape index (κ2) is 8.18. The van der Waals surface area contributed by atoms with Gasteiger partial charge in [0.1, 0.15) is 12.3 Å². The molecule has 0 bridgehead atoms. The quantitative estimate of drug-likeness (QED) is 0.814. The van der Waals surface area contributed by atoms with E-state index in [-0.39, 0.29) is 18.6 Å². The molecule has 1 aliphatic rings. The number of carbonyl (C=O) groups excluding carboxylic acids is 1. The zero-order chi connectivity index (χ0) is 18.5. The molecule has 1 saturated heterocycles. The van der Waals surface area contributed by atoms with Crippen LogP contribution >= 0.6 is 0 Å². The summed E-state index contributed by atoms with van der Waals surface area (Å²) in [6.45, 7) is 6.56. The molecule has 1 aliphatic heterocycles. The molecule has 8 nitrogen and oxygen atoms in total. The third kappa shape index (κ3) is 4.13. The van der Waals surface area contributed by atoms with Crippen LogP contribution < -0.4 is 4.74 Å². The van der Waals surface area contributed by atoms with Crippen LogP contribution in [0.25, 0.3) is 11.4 Å². The number of amides is 2. The summed E-state index contributed by atoms with van der Waals surface area (Å²) in [6.07, 6.45) is 0.